The maximum absolute atomic E-state index is 10.8. The predicted molar refractivity (Wildman–Crippen MR) is 67.6 cm³/mol. The number of hydrogen-bond acceptors (Lipinski definition) is 3. The van der Waals surface area contributed by atoms with Gasteiger partial charge < -0.3 is 11.1 Å². The summed E-state index contributed by atoms with van der Waals surface area (Å²) in [6.07, 6.45) is 2.22. The normalized spacial score (nSPS) is 23.6. The van der Waals surface area contributed by atoms with Gasteiger partial charge in [0.2, 0.25) is 5.91 Å². The van der Waals surface area contributed by atoms with Crippen LogP contribution in [0.3, 0.4) is 0 Å². The van der Waals surface area contributed by atoms with Gasteiger partial charge in [-0.1, -0.05) is 0 Å². The summed E-state index contributed by atoms with van der Waals surface area (Å²) in [7, 11) is 0. The summed E-state index contributed by atoms with van der Waals surface area (Å²) in [5.74, 6) is -0.0367. The van der Waals surface area contributed by atoms with E-state index in [1.165, 1.54) is 11.8 Å². The van der Waals surface area contributed by atoms with Crippen molar-refractivity contribution >= 4 is 23.4 Å². The first-order valence-electron chi connectivity index (χ1n) is 5.43. The van der Waals surface area contributed by atoms with Crippen molar-refractivity contribution in [1.29, 1.82) is 0 Å². The summed E-state index contributed by atoms with van der Waals surface area (Å²) in [6, 6.07) is 8.35. The molecule has 4 heteroatoms. The molecule has 0 heterocycles. The van der Waals surface area contributed by atoms with Crippen LogP contribution >= 0.6 is 11.8 Å². The molecule has 0 spiro atoms. The topological polar surface area (TPSA) is 55.1 Å². The van der Waals surface area contributed by atoms with Gasteiger partial charge in [-0.05, 0) is 37.1 Å². The van der Waals surface area contributed by atoms with Crippen molar-refractivity contribution in [3.8, 4) is 0 Å². The van der Waals surface area contributed by atoms with E-state index in [4.69, 9.17) is 5.73 Å². The number of carbonyl (C=O) groups excluding carboxylic acids is 1. The highest BCUT2D eigenvalue weighted by Gasteiger charge is 2.26. The van der Waals surface area contributed by atoms with Crippen molar-refractivity contribution < 1.29 is 4.79 Å². The van der Waals surface area contributed by atoms with Crippen LogP contribution in [0.15, 0.2) is 29.2 Å². The molecule has 1 fully saturated rings. The van der Waals surface area contributed by atoms with Crippen molar-refractivity contribution in [3.05, 3.63) is 24.3 Å². The molecule has 16 heavy (non-hydrogen) atoms. The Labute approximate surface area is 99.8 Å². The Balaban J connectivity index is 1.89. The highest BCUT2D eigenvalue weighted by molar-refractivity contribution is 8.00. The lowest BCUT2D eigenvalue weighted by Gasteiger charge is -2.31. The van der Waals surface area contributed by atoms with Crippen LogP contribution < -0.4 is 11.1 Å². The Morgan fingerprint density at radius 1 is 1.38 bits per heavy atom. The fourth-order valence-electron chi connectivity index (χ4n) is 1.72. The molecule has 1 amide bonds. The van der Waals surface area contributed by atoms with Crippen LogP contribution in [0.1, 0.15) is 19.8 Å². The molecule has 3 N–H and O–H groups in total. The lowest BCUT2D eigenvalue weighted by Crippen LogP contribution is -2.38. The Hall–Kier alpha value is -1.00. The third-order valence-corrected chi connectivity index (χ3v) is 3.87. The minimum atomic E-state index is -0.0367. The van der Waals surface area contributed by atoms with E-state index in [1.54, 1.807) is 0 Å². The molecular weight excluding hydrogens is 220 g/mol. The van der Waals surface area contributed by atoms with Gasteiger partial charge in [0.1, 0.15) is 0 Å². The predicted octanol–water partition coefficient (Wildman–Crippen LogP) is 2.23. The van der Waals surface area contributed by atoms with Gasteiger partial charge in [-0.25, -0.2) is 0 Å². The molecule has 1 aromatic carbocycles. The van der Waals surface area contributed by atoms with Crippen LogP contribution in [0.2, 0.25) is 0 Å². The summed E-state index contributed by atoms with van der Waals surface area (Å²) in [5.41, 5.74) is 6.59. The van der Waals surface area contributed by atoms with Crippen molar-refractivity contribution in [2.75, 3.05) is 5.32 Å². The molecule has 1 aliphatic carbocycles. The van der Waals surface area contributed by atoms with Crippen molar-refractivity contribution in [1.82, 2.24) is 0 Å². The number of anilines is 1. The fourth-order valence-corrected chi connectivity index (χ4v) is 3.08. The smallest absolute Gasteiger partial charge is 0.221 e. The summed E-state index contributed by atoms with van der Waals surface area (Å²) in [4.78, 5) is 12.1. The average Bonchev–Trinajstić information content (AvgIpc) is 2.18. The number of thioether (sulfide) groups is 1. The highest BCUT2D eigenvalue weighted by atomic mass is 32.2. The van der Waals surface area contributed by atoms with Crippen LogP contribution in [-0.4, -0.2) is 17.2 Å². The molecule has 0 unspecified atom stereocenters. The molecule has 0 saturated heterocycles. The largest absolute Gasteiger partial charge is 0.328 e. The maximum Gasteiger partial charge on any atom is 0.221 e. The van der Waals surface area contributed by atoms with E-state index in [0.717, 1.165) is 18.5 Å². The van der Waals surface area contributed by atoms with Crippen molar-refractivity contribution in [2.45, 2.75) is 36.0 Å². The number of carbonyl (C=O) groups is 1. The van der Waals surface area contributed by atoms with Gasteiger partial charge in [0.15, 0.2) is 0 Å². The number of benzene rings is 1. The molecule has 0 aliphatic heterocycles. The summed E-state index contributed by atoms with van der Waals surface area (Å²) in [6.45, 7) is 1.51. The molecule has 1 aliphatic rings. The third-order valence-electron chi connectivity index (χ3n) is 2.61. The summed E-state index contributed by atoms with van der Waals surface area (Å²) >= 11 is 1.87. The number of rotatable bonds is 3. The zero-order valence-corrected chi connectivity index (χ0v) is 10.1. The van der Waals surface area contributed by atoms with Gasteiger partial charge in [0.05, 0.1) is 0 Å². The first kappa shape index (κ1) is 11.5. The van der Waals surface area contributed by atoms with E-state index < -0.39 is 0 Å². The summed E-state index contributed by atoms with van der Waals surface area (Å²) < 4.78 is 0. The molecule has 0 bridgehead atoms. The first-order chi connectivity index (χ1) is 7.63. The van der Waals surface area contributed by atoms with Crippen LogP contribution in [0.25, 0.3) is 0 Å². The molecule has 1 aromatic rings. The molecular formula is C12H16N2OS. The fraction of sp³-hybridized carbons (Fsp3) is 0.417. The Kier molecular flexibility index (Phi) is 3.51. The van der Waals surface area contributed by atoms with Crippen LogP contribution in [0, 0.1) is 0 Å². The van der Waals surface area contributed by atoms with Crippen molar-refractivity contribution in [2.24, 2.45) is 5.73 Å². The summed E-state index contributed by atoms with van der Waals surface area (Å²) in [5, 5.41) is 3.42. The Morgan fingerprint density at radius 2 is 2.00 bits per heavy atom. The van der Waals surface area contributed by atoms with Crippen molar-refractivity contribution in [3.63, 3.8) is 0 Å². The third kappa shape index (κ3) is 3.00. The van der Waals surface area contributed by atoms with Gasteiger partial charge in [-0.3, -0.25) is 4.79 Å². The van der Waals surface area contributed by atoms with Gasteiger partial charge in [-0.2, -0.15) is 0 Å². The van der Waals surface area contributed by atoms with Gasteiger partial charge in [-0.15, -0.1) is 11.8 Å². The van der Waals surface area contributed by atoms with E-state index >= 15 is 0 Å². The van der Waals surface area contributed by atoms with Crippen LogP contribution in [-0.2, 0) is 4.79 Å². The van der Waals surface area contributed by atoms with E-state index in [9.17, 15) is 4.79 Å². The monoisotopic (exact) mass is 236 g/mol. The molecule has 86 valence electrons. The molecule has 2 rings (SSSR count). The zero-order chi connectivity index (χ0) is 11.5. The minimum absolute atomic E-state index is 0.0367. The lowest BCUT2D eigenvalue weighted by atomic mass is 9.94. The second-order valence-corrected chi connectivity index (χ2v) is 5.55. The van der Waals surface area contributed by atoms with Gasteiger partial charge in [0, 0.05) is 28.8 Å². The standard InChI is InChI=1S/C12H16N2OS/c1-8(15)14-10-2-4-11(5-3-10)16-12-6-9(13)7-12/h2-5,9,12H,6-7,13H2,1H3,(H,14,15). The SMILES string of the molecule is CC(=O)Nc1ccc(SC2CC(N)C2)cc1. The Morgan fingerprint density at radius 3 is 2.50 bits per heavy atom. The quantitative estimate of drug-likeness (QED) is 0.846. The van der Waals surface area contributed by atoms with Gasteiger partial charge >= 0.3 is 0 Å². The second kappa shape index (κ2) is 4.89. The first-order valence-corrected chi connectivity index (χ1v) is 6.31. The van der Waals surface area contributed by atoms with E-state index in [2.05, 4.69) is 5.32 Å². The zero-order valence-electron chi connectivity index (χ0n) is 9.27. The molecule has 0 aromatic heterocycles. The van der Waals surface area contributed by atoms with Gasteiger partial charge in [0.25, 0.3) is 0 Å². The molecule has 3 nitrogen and oxygen atoms in total. The second-order valence-electron chi connectivity index (χ2n) is 4.18. The highest BCUT2D eigenvalue weighted by Crippen LogP contribution is 2.36. The average molecular weight is 236 g/mol. The van der Waals surface area contributed by atoms with Crippen LogP contribution in [0.4, 0.5) is 5.69 Å². The number of amides is 1. The van der Waals surface area contributed by atoms with Crippen LogP contribution in [0.5, 0.6) is 0 Å². The molecule has 0 radical (unpaired) electrons. The number of nitrogens with one attached hydrogen (secondary N) is 1. The molecule has 1 saturated carbocycles. The number of hydrogen-bond donors (Lipinski definition) is 2. The Bertz CT molecular complexity index is 371. The number of nitrogens with two attached hydrogens (primary N) is 1. The minimum Gasteiger partial charge on any atom is -0.328 e. The lowest BCUT2D eigenvalue weighted by molar-refractivity contribution is -0.114. The van der Waals surface area contributed by atoms with E-state index in [-0.39, 0.29) is 5.91 Å². The molecule has 0 atom stereocenters. The maximum atomic E-state index is 10.8. The van der Waals surface area contributed by atoms with E-state index in [0.29, 0.717) is 11.3 Å². The van der Waals surface area contributed by atoms with E-state index in [1.807, 2.05) is 36.0 Å².